The van der Waals surface area contributed by atoms with Gasteiger partial charge in [-0.1, -0.05) is 11.3 Å². The van der Waals surface area contributed by atoms with E-state index in [4.69, 9.17) is 16.2 Å². The summed E-state index contributed by atoms with van der Waals surface area (Å²) in [7, 11) is 1.63. The van der Waals surface area contributed by atoms with Crippen LogP contribution in [0.5, 0.6) is 0 Å². The van der Waals surface area contributed by atoms with Crippen molar-refractivity contribution in [3.05, 3.63) is 4.88 Å². The molecule has 0 saturated carbocycles. The van der Waals surface area contributed by atoms with Gasteiger partial charge in [0, 0.05) is 32.8 Å². The van der Waals surface area contributed by atoms with Crippen LogP contribution in [-0.4, -0.2) is 55.2 Å². The topological polar surface area (TPSA) is 106 Å². The van der Waals surface area contributed by atoms with Crippen LogP contribution in [0.2, 0.25) is 0 Å². The van der Waals surface area contributed by atoms with E-state index >= 15 is 0 Å². The number of piperidine rings is 1. The molecule has 1 saturated heterocycles. The van der Waals surface area contributed by atoms with Crippen LogP contribution in [0.15, 0.2) is 0 Å². The second-order valence-corrected chi connectivity index (χ2v) is 5.81. The number of nitrogen functional groups attached to an aromatic ring is 1. The minimum absolute atomic E-state index is 0.0566. The largest absolute Gasteiger partial charge is 0.383 e. The number of rotatable bonds is 5. The van der Waals surface area contributed by atoms with Crippen LogP contribution in [0.4, 0.5) is 10.9 Å². The quantitative estimate of drug-likeness (QED) is 0.677. The Balaban J connectivity index is 2.02. The lowest BCUT2D eigenvalue weighted by atomic mass is 10.1. The summed E-state index contributed by atoms with van der Waals surface area (Å²) in [5.41, 5.74) is 11.7. The van der Waals surface area contributed by atoms with Crippen molar-refractivity contribution in [2.24, 2.45) is 5.73 Å². The summed E-state index contributed by atoms with van der Waals surface area (Å²) in [6.45, 7) is 2.52. The number of thiazole rings is 1. The maximum atomic E-state index is 12.4. The number of ether oxygens (including phenoxy) is 1. The smallest absolute Gasteiger partial charge is 0.267 e. The molecule has 112 valence electrons. The lowest BCUT2D eigenvalue weighted by Crippen LogP contribution is -2.45. The third-order valence-electron chi connectivity index (χ3n) is 3.18. The molecule has 1 aromatic heterocycles. The molecule has 0 spiro atoms. The van der Waals surface area contributed by atoms with Crippen molar-refractivity contribution in [3.63, 3.8) is 0 Å². The summed E-state index contributed by atoms with van der Waals surface area (Å²) in [6, 6.07) is 0.0566. The van der Waals surface area contributed by atoms with Crippen LogP contribution in [0.25, 0.3) is 0 Å². The second kappa shape index (κ2) is 6.87. The van der Waals surface area contributed by atoms with Gasteiger partial charge in [-0.3, -0.25) is 4.79 Å². The number of hydrogen-bond donors (Lipinski definition) is 3. The number of nitrogens with one attached hydrogen (secondary N) is 1. The monoisotopic (exact) mass is 299 g/mol. The van der Waals surface area contributed by atoms with E-state index in [1.807, 2.05) is 0 Å². The lowest BCUT2D eigenvalue weighted by Gasteiger charge is -2.30. The summed E-state index contributed by atoms with van der Waals surface area (Å²) in [6.07, 6.45) is 1.90. The van der Waals surface area contributed by atoms with Gasteiger partial charge < -0.3 is 26.4 Å². The van der Waals surface area contributed by atoms with E-state index in [1.54, 1.807) is 12.0 Å². The summed E-state index contributed by atoms with van der Waals surface area (Å²) in [5.74, 6) is 0.203. The van der Waals surface area contributed by atoms with Crippen molar-refractivity contribution >= 4 is 28.2 Å². The molecule has 0 bridgehead atoms. The van der Waals surface area contributed by atoms with Gasteiger partial charge in [-0.25, -0.2) is 4.98 Å². The Morgan fingerprint density at radius 2 is 2.45 bits per heavy atom. The van der Waals surface area contributed by atoms with Crippen LogP contribution in [0, 0.1) is 0 Å². The van der Waals surface area contributed by atoms with E-state index in [2.05, 4.69) is 10.3 Å². The highest BCUT2D eigenvalue weighted by Gasteiger charge is 2.26. The molecular formula is C12H21N5O2S. The van der Waals surface area contributed by atoms with Gasteiger partial charge in [-0.15, -0.1) is 0 Å². The average molecular weight is 299 g/mol. The SMILES string of the molecule is COCCNc1nc(N)c(C(=O)N2CCCC(N)C2)s1. The third-order valence-corrected chi connectivity index (χ3v) is 4.19. The van der Waals surface area contributed by atoms with E-state index < -0.39 is 0 Å². The van der Waals surface area contributed by atoms with Crippen molar-refractivity contribution in [2.45, 2.75) is 18.9 Å². The van der Waals surface area contributed by atoms with Gasteiger partial charge in [0.05, 0.1) is 6.61 Å². The van der Waals surface area contributed by atoms with E-state index in [-0.39, 0.29) is 17.8 Å². The van der Waals surface area contributed by atoms with Gasteiger partial charge in [-0.2, -0.15) is 0 Å². The Morgan fingerprint density at radius 3 is 3.15 bits per heavy atom. The molecule has 2 rings (SSSR count). The van der Waals surface area contributed by atoms with Gasteiger partial charge >= 0.3 is 0 Å². The molecule has 2 heterocycles. The molecule has 1 aliphatic rings. The summed E-state index contributed by atoms with van der Waals surface area (Å²) in [5, 5.41) is 3.72. The molecular weight excluding hydrogens is 278 g/mol. The summed E-state index contributed by atoms with van der Waals surface area (Å²) >= 11 is 1.28. The molecule has 1 aliphatic heterocycles. The molecule has 1 atom stereocenters. The number of nitrogens with zero attached hydrogens (tertiary/aromatic N) is 2. The van der Waals surface area contributed by atoms with Crippen molar-refractivity contribution < 1.29 is 9.53 Å². The molecule has 7 nitrogen and oxygen atoms in total. The van der Waals surface area contributed by atoms with Crippen LogP contribution in [0.1, 0.15) is 22.5 Å². The number of anilines is 2. The molecule has 5 N–H and O–H groups in total. The zero-order valence-electron chi connectivity index (χ0n) is 11.6. The zero-order valence-corrected chi connectivity index (χ0v) is 12.4. The fourth-order valence-corrected chi connectivity index (χ4v) is 3.04. The molecule has 0 radical (unpaired) electrons. The maximum absolute atomic E-state index is 12.4. The number of hydrogen-bond acceptors (Lipinski definition) is 7. The first-order valence-corrected chi connectivity index (χ1v) is 7.47. The molecule has 8 heteroatoms. The molecule has 1 amide bonds. The van der Waals surface area contributed by atoms with Crippen molar-refractivity contribution in [2.75, 3.05) is 44.4 Å². The first-order chi connectivity index (χ1) is 9.61. The molecule has 0 aromatic carbocycles. The fraction of sp³-hybridized carbons (Fsp3) is 0.667. The zero-order chi connectivity index (χ0) is 14.5. The van der Waals surface area contributed by atoms with E-state index in [1.165, 1.54) is 11.3 Å². The highest BCUT2D eigenvalue weighted by Crippen LogP contribution is 2.27. The van der Waals surface area contributed by atoms with Gasteiger partial charge in [0.15, 0.2) is 5.13 Å². The van der Waals surface area contributed by atoms with Crippen LogP contribution < -0.4 is 16.8 Å². The van der Waals surface area contributed by atoms with Gasteiger partial charge in [-0.05, 0) is 12.8 Å². The third kappa shape index (κ3) is 3.59. The molecule has 1 fully saturated rings. The van der Waals surface area contributed by atoms with Crippen LogP contribution >= 0.6 is 11.3 Å². The van der Waals surface area contributed by atoms with Crippen molar-refractivity contribution in [1.82, 2.24) is 9.88 Å². The normalized spacial score (nSPS) is 19.1. The average Bonchev–Trinajstić information content (AvgIpc) is 2.79. The van der Waals surface area contributed by atoms with Gasteiger partial charge in [0.2, 0.25) is 0 Å². The highest BCUT2D eigenvalue weighted by atomic mass is 32.1. The van der Waals surface area contributed by atoms with E-state index in [0.29, 0.717) is 29.7 Å². The Kier molecular flexibility index (Phi) is 5.16. The summed E-state index contributed by atoms with van der Waals surface area (Å²) in [4.78, 5) is 18.8. The fourth-order valence-electron chi connectivity index (χ4n) is 2.16. The minimum Gasteiger partial charge on any atom is -0.383 e. The Labute approximate surface area is 122 Å². The first-order valence-electron chi connectivity index (χ1n) is 6.65. The maximum Gasteiger partial charge on any atom is 0.267 e. The van der Waals surface area contributed by atoms with Gasteiger partial charge in [0.25, 0.3) is 5.91 Å². The predicted molar refractivity (Wildman–Crippen MR) is 80.0 cm³/mol. The predicted octanol–water partition coefficient (Wildman–Crippen LogP) is 0.347. The Bertz CT molecular complexity index is 465. The number of carbonyl (C=O) groups is 1. The first kappa shape index (κ1) is 15.0. The molecule has 20 heavy (non-hydrogen) atoms. The molecule has 0 aliphatic carbocycles. The van der Waals surface area contributed by atoms with E-state index in [0.717, 1.165) is 19.4 Å². The molecule has 1 aromatic rings. The highest BCUT2D eigenvalue weighted by molar-refractivity contribution is 7.18. The van der Waals surface area contributed by atoms with Crippen LogP contribution in [0.3, 0.4) is 0 Å². The number of likely N-dealkylation sites (tertiary alicyclic amines) is 1. The van der Waals surface area contributed by atoms with Crippen molar-refractivity contribution in [3.8, 4) is 0 Å². The Hall–Kier alpha value is -1.38. The number of carbonyl (C=O) groups excluding carboxylic acids is 1. The summed E-state index contributed by atoms with van der Waals surface area (Å²) < 4.78 is 4.95. The molecule has 1 unspecified atom stereocenters. The van der Waals surface area contributed by atoms with E-state index in [9.17, 15) is 4.79 Å². The minimum atomic E-state index is -0.0741. The Morgan fingerprint density at radius 1 is 1.65 bits per heavy atom. The lowest BCUT2D eigenvalue weighted by molar-refractivity contribution is 0.0714. The number of amides is 1. The number of aromatic nitrogens is 1. The standard InChI is InChI=1S/C12H21N5O2S/c1-19-6-4-15-12-16-10(14)9(20-12)11(18)17-5-2-3-8(13)7-17/h8H,2-7,13-14H2,1H3,(H,15,16). The van der Waals surface area contributed by atoms with Gasteiger partial charge in [0.1, 0.15) is 10.7 Å². The second-order valence-electron chi connectivity index (χ2n) is 4.81. The number of nitrogens with two attached hydrogens (primary N) is 2. The van der Waals surface area contributed by atoms with Crippen molar-refractivity contribution in [1.29, 1.82) is 0 Å². The van der Waals surface area contributed by atoms with Crippen LogP contribution in [-0.2, 0) is 4.74 Å². The number of methoxy groups -OCH3 is 1.